The number of benzene rings is 1. The van der Waals surface area contributed by atoms with Crippen LogP contribution in [0.3, 0.4) is 0 Å². The van der Waals surface area contributed by atoms with E-state index in [0.717, 1.165) is 6.42 Å². The molecule has 0 aliphatic heterocycles. The van der Waals surface area contributed by atoms with Crippen molar-refractivity contribution in [1.29, 1.82) is 0 Å². The molecular formula is C15H21ClFN. The third-order valence-electron chi connectivity index (χ3n) is 4.54. The number of nitrogens with two attached hydrogens (primary N) is 1. The Balaban J connectivity index is 2.15. The van der Waals surface area contributed by atoms with E-state index < -0.39 is 0 Å². The first-order valence-corrected chi connectivity index (χ1v) is 7.15. The molecule has 2 rings (SSSR count). The van der Waals surface area contributed by atoms with Crippen LogP contribution < -0.4 is 5.73 Å². The molecule has 1 atom stereocenters. The highest BCUT2D eigenvalue weighted by molar-refractivity contribution is 6.30. The fraction of sp³-hybridized carbons (Fsp3) is 0.600. The average molecular weight is 270 g/mol. The quantitative estimate of drug-likeness (QED) is 0.866. The summed E-state index contributed by atoms with van der Waals surface area (Å²) in [4.78, 5) is 0. The summed E-state index contributed by atoms with van der Waals surface area (Å²) in [5.41, 5.74) is 7.22. The molecule has 3 heteroatoms. The topological polar surface area (TPSA) is 26.0 Å². The number of hydrogen-bond donors (Lipinski definition) is 1. The molecule has 1 aromatic rings. The molecule has 0 saturated heterocycles. The van der Waals surface area contributed by atoms with Crippen molar-refractivity contribution in [1.82, 2.24) is 0 Å². The molecule has 1 fully saturated rings. The Bertz CT molecular complexity index is 413. The molecule has 18 heavy (non-hydrogen) atoms. The molecule has 0 heterocycles. The Morgan fingerprint density at radius 1 is 1.39 bits per heavy atom. The van der Waals surface area contributed by atoms with Gasteiger partial charge in [0.2, 0.25) is 0 Å². The lowest BCUT2D eigenvalue weighted by atomic mass is 9.74. The van der Waals surface area contributed by atoms with Gasteiger partial charge in [-0.05, 0) is 54.9 Å². The summed E-state index contributed by atoms with van der Waals surface area (Å²) in [6, 6.07) is 4.74. The van der Waals surface area contributed by atoms with Gasteiger partial charge < -0.3 is 5.73 Å². The van der Waals surface area contributed by atoms with Gasteiger partial charge in [-0.2, -0.15) is 0 Å². The monoisotopic (exact) mass is 269 g/mol. The first kappa shape index (κ1) is 13.8. The van der Waals surface area contributed by atoms with Crippen molar-refractivity contribution in [2.45, 2.75) is 51.5 Å². The highest BCUT2D eigenvalue weighted by Gasteiger charge is 2.37. The van der Waals surface area contributed by atoms with Crippen LogP contribution in [0.4, 0.5) is 4.39 Å². The van der Waals surface area contributed by atoms with E-state index in [1.807, 2.05) is 0 Å². The van der Waals surface area contributed by atoms with Crippen molar-refractivity contribution in [2.75, 3.05) is 0 Å². The lowest BCUT2D eigenvalue weighted by Gasteiger charge is -2.34. The van der Waals surface area contributed by atoms with E-state index in [2.05, 4.69) is 6.92 Å². The van der Waals surface area contributed by atoms with Gasteiger partial charge in [-0.15, -0.1) is 0 Å². The molecule has 0 bridgehead atoms. The first-order valence-electron chi connectivity index (χ1n) is 6.77. The van der Waals surface area contributed by atoms with Gasteiger partial charge in [-0.3, -0.25) is 0 Å². The average Bonchev–Trinajstić information content (AvgIpc) is 2.84. The Hall–Kier alpha value is -0.600. The molecule has 2 N–H and O–H groups in total. The zero-order valence-corrected chi connectivity index (χ0v) is 11.6. The molecule has 1 aliphatic carbocycles. The predicted octanol–water partition coefficient (Wildman–Crippen LogP) is 4.32. The maximum Gasteiger partial charge on any atom is 0.126 e. The van der Waals surface area contributed by atoms with E-state index in [1.165, 1.54) is 31.7 Å². The van der Waals surface area contributed by atoms with E-state index in [-0.39, 0.29) is 17.3 Å². The van der Waals surface area contributed by atoms with Crippen LogP contribution in [0.1, 0.15) is 44.6 Å². The summed E-state index contributed by atoms with van der Waals surface area (Å²) in [6.45, 7) is 2.19. The lowest BCUT2D eigenvalue weighted by Crippen LogP contribution is -2.41. The number of hydrogen-bond acceptors (Lipinski definition) is 1. The summed E-state index contributed by atoms with van der Waals surface area (Å²) >= 11 is 5.92. The van der Waals surface area contributed by atoms with Crippen molar-refractivity contribution in [3.8, 4) is 0 Å². The third kappa shape index (κ3) is 2.70. The zero-order chi connectivity index (χ0) is 13.2. The van der Waals surface area contributed by atoms with Crippen LogP contribution in [0, 0.1) is 11.2 Å². The highest BCUT2D eigenvalue weighted by atomic mass is 35.5. The summed E-state index contributed by atoms with van der Waals surface area (Å²) in [5, 5.41) is 0.579. The summed E-state index contributed by atoms with van der Waals surface area (Å²) in [7, 11) is 0. The van der Waals surface area contributed by atoms with E-state index in [4.69, 9.17) is 17.3 Å². The van der Waals surface area contributed by atoms with E-state index in [9.17, 15) is 4.39 Å². The fourth-order valence-corrected chi connectivity index (χ4v) is 3.41. The van der Waals surface area contributed by atoms with Crippen LogP contribution in [-0.2, 0) is 6.42 Å². The van der Waals surface area contributed by atoms with Gasteiger partial charge in [0.25, 0.3) is 0 Å². The predicted molar refractivity (Wildman–Crippen MR) is 74.3 cm³/mol. The maximum atomic E-state index is 13.7. The molecule has 1 aliphatic rings. The Labute approximate surface area is 114 Å². The van der Waals surface area contributed by atoms with Gasteiger partial charge >= 0.3 is 0 Å². The molecule has 0 amide bonds. The largest absolute Gasteiger partial charge is 0.327 e. The number of halogens is 2. The van der Waals surface area contributed by atoms with Crippen molar-refractivity contribution < 1.29 is 4.39 Å². The Morgan fingerprint density at radius 2 is 2.06 bits per heavy atom. The standard InChI is InChI=1S/C15H21ClFN/c1-2-15(7-3-4-8-15)14(18)10-11-9-12(16)5-6-13(11)17/h5-6,9,14H,2-4,7-8,10,18H2,1H3. The van der Waals surface area contributed by atoms with Crippen LogP contribution >= 0.6 is 11.6 Å². The molecule has 0 spiro atoms. The minimum atomic E-state index is -0.195. The summed E-state index contributed by atoms with van der Waals surface area (Å²) in [6.07, 6.45) is 6.51. The molecule has 1 saturated carbocycles. The normalized spacial score (nSPS) is 20.0. The van der Waals surface area contributed by atoms with Crippen LogP contribution in [0.2, 0.25) is 5.02 Å². The maximum absolute atomic E-state index is 13.7. The minimum Gasteiger partial charge on any atom is -0.327 e. The van der Waals surface area contributed by atoms with Gasteiger partial charge in [0.1, 0.15) is 5.82 Å². The first-order chi connectivity index (χ1) is 8.57. The highest BCUT2D eigenvalue weighted by Crippen LogP contribution is 2.44. The molecule has 100 valence electrons. The van der Waals surface area contributed by atoms with Crippen molar-refractivity contribution in [2.24, 2.45) is 11.1 Å². The fourth-order valence-electron chi connectivity index (χ4n) is 3.22. The smallest absolute Gasteiger partial charge is 0.126 e. The Kier molecular flexibility index (Phi) is 4.29. The van der Waals surface area contributed by atoms with Gasteiger partial charge in [-0.1, -0.05) is 31.4 Å². The lowest BCUT2D eigenvalue weighted by molar-refractivity contribution is 0.218. The third-order valence-corrected chi connectivity index (χ3v) is 4.77. The molecule has 1 nitrogen and oxygen atoms in total. The summed E-state index contributed by atoms with van der Waals surface area (Å²) in [5.74, 6) is -0.195. The van der Waals surface area contributed by atoms with Crippen molar-refractivity contribution in [3.05, 3.63) is 34.6 Å². The van der Waals surface area contributed by atoms with Gasteiger partial charge in [0.05, 0.1) is 0 Å². The van der Waals surface area contributed by atoms with Gasteiger partial charge in [-0.25, -0.2) is 4.39 Å². The summed E-state index contributed by atoms with van der Waals surface area (Å²) < 4.78 is 13.7. The second-order valence-electron chi connectivity index (χ2n) is 5.47. The SMILES string of the molecule is CCC1(C(N)Cc2cc(Cl)ccc2F)CCCC1. The molecule has 0 radical (unpaired) electrons. The van der Waals surface area contributed by atoms with E-state index >= 15 is 0 Å². The van der Waals surface area contributed by atoms with Crippen LogP contribution in [-0.4, -0.2) is 6.04 Å². The van der Waals surface area contributed by atoms with Crippen molar-refractivity contribution in [3.63, 3.8) is 0 Å². The number of rotatable bonds is 4. The molecule has 1 aromatic carbocycles. The van der Waals surface area contributed by atoms with E-state index in [1.54, 1.807) is 12.1 Å². The second-order valence-corrected chi connectivity index (χ2v) is 5.91. The second kappa shape index (κ2) is 5.58. The molecule has 1 unspecified atom stereocenters. The van der Waals surface area contributed by atoms with Gasteiger partial charge in [0.15, 0.2) is 0 Å². The van der Waals surface area contributed by atoms with Crippen LogP contribution in [0.25, 0.3) is 0 Å². The van der Waals surface area contributed by atoms with E-state index in [0.29, 0.717) is 17.0 Å². The van der Waals surface area contributed by atoms with Crippen molar-refractivity contribution >= 4 is 11.6 Å². The zero-order valence-electron chi connectivity index (χ0n) is 10.9. The van der Waals surface area contributed by atoms with Crippen LogP contribution in [0.5, 0.6) is 0 Å². The Morgan fingerprint density at radius 3 is 2.67 bits per heavy atom. The van der Waals surface area contributed by atoms with Crippen LogP contribution in [0.15, 0.2) is 18.2 Å². The minimum absolute atomic E-state index is 0.0259. The molecule has 0 aromatic heterocycles. The van der Waals surface area contributed by atoms with Gasteiger partial charge in [0, 0.05) is 11.1 Å². The molecular weight excluding hydrogens is 249 g/mol.